The summed E-state index contributed by atoms with van der Waals surface area (Å²) in [6, 6.07) is 5.52. The molecule has 1 saturated heterocycles. The molecule has 0 radical (unpaired) electrons. The Labute approximate surface area is 162 Å². The zero-order valence-electron chi connectivity index (χ0n) is 16.1. The molecular formula is C20H23N5O3. The number of anilines is 1. The molecule has 4 rings (SSSR count). The molecule has 1 aliphatic rings. The number of fused-ring (bicyclic) bond motifs is 1. The van der Waals surface area contributed by atoms with Crippen molar-refractivity contribution in [1.82, 2.24) is 19.5 Å². The van der Waals surface area contributed by atoms with Gasteiger partial charge in [-0.25, -0.2) is 9.97 Å². The highest BCUT2D eigenvalue weighted by Gasteiger charge is 2.21. The van der Waals surface area contributed by atoms with Crippen LogP contribution in [0.5, 0.6) is 0 Å². The van der Waals surface area contributed by atoms with Crippen LogP contribution in [0.25, 0.3) is 22.2 Å². The van der Waals surface area contributed by atoms with Crippen LogP contribution in [0.15, 0.2) is 35.5 Å². The summed E-state index contributed by atoms with van der Waals surface area (Å²) in [6.45, 7) is 4.65. The number of aryl methyl sites for hydroxylation is 1. The molecule has 0 saturated carbocycles. The summed E-state index contributed by atoms with van der Waals surface area (Å²) < 4.78 is 6.88. The highest BCUT2D eigenvalue weighted by atomic mass is 16.5. The molecule has 0 unspecified atom stereocenters. The van der Waals surface area contributed by atoms with E-state index in [4.69, 9.17) is 9.72 Å². The normalized spacial score (nSPS) is 17.2. The van der Waals surface area contributed by atoms with Crippen molar-refractivity contribution in [2.24, 2.45) is 7.05 Å². The number of ether oxygens (including phenoxy) is 1. The predicted molar refractivity (Wildman–Crippen MR) is 106 cm³/mol. The molecule has 2 N–H and O–H groups in total. The van der Waals surface area contributed by atoms with E-state index < -0.39 is 5.60 Å². The van der Waals surface area contributed by atoms with Gasteiger partial charge in [-0.3, -0.25) is 9.78 Å². The van der Waals surface area contributed by atoms with Crippen LogP contribution >= 0.6 is 0 Å². The number of hydrogen-bond acceptors (Lipinski definition) is 7. The Bertz CT molecular complexity index is 1060. The zero-order valence-corrected chi connectivity index (χ0v) is 16.1. The van der Waals surface area contributed by atoms with Crippen molar-refractivity contribution in [3.8, 4) is 11.3 Å². The fourth-order valence-corrected chi connectivity index (χ4v) is 3.22. The van der Waals surface area contributed by atoms with Crippen LogP contribution in [0.1, 0.15) is 26.0 Å². The van der Waals surface area contributed by atoms with Crippen molar-refractivity contribution in [2.75, 3.05) is 18.5 Å². The number of aromatic nitrogens is 4. The average Bonchev–Trinajstić information content (AvgIpc) is 3.17. The van der Waals surface area contributed by atoms with Gasteiger partial charge in [0.05, 0.1) is 35.9 Å². The molecule has 0 spiro atoms. The second-order valence-corrected chi connectivity index (χ2v) is 7.61. The molecule has 1 fully saturated rings. The van der Waals surface area contributed by atoms with Crippen molar-refractivity contribution in [2.45, 2.75) is 31.9 Å². The van der Waals surface area contributed by atoms with Gasteiger partial charge in [0.15, 0.2) is 0 Å². The Morgan fingerprint density at radius 3 is 2.79 bits per heavy atom. The van der Waals surface area contributed by atoms with Gasteiger partial charge in [-0.15, -0.1) is 0 Å². The van der Waals surface area contributed by atoms with Crippen LogP contribution in [0.2, 0.25) is 0 Å². The number of aliphatic hydroxyl groups is 1. The van der Waals surface area contributed by atoms with Crippen molar-refractivity contribution in [3.63, 3.8) is 0 Å². The quantitative estimate of drug-likeness (QED) is 0.711. The van der Waals surface area contributed by atoms with Crippen molar-refractivity contribution in [3.05, 3.63) is 46.8 Å². The highest BCUT2D eigenvalue weighted by molar-refractivity contribution is 5.91. The Balaban J connectivity index is 1.83. The van der Waals surface area contributed by atoms with Gasteiger partial charge in [0.2, 0.25) is 0 Å². The molecular weight excluding hydrogens is 358 g/mol. The van der Waals surface area contributed by atoms with Gasteiger partial charge in [0.25, 0.3) is 5.56 Å². The van der Waals surface area contributed by atoms with E-state index in [9.17, 15) is 9.90 Å². The maximum absolute atomic E-state index is 12.7. The average molecular weight is 381 g/mol. The lowest BCUT2D eigenvalue weighted by atomic mass is 10.0. The smallest absolute Gasteiger partial charge is 0.264 e. The van der Waals surface area contributed by atoms with Crippen molar-refractivity contribution >= 4 is 16.7 Å². The third kappa shape index (κ3) is 3.48. The lowest BCUT2D eigenvalue weighted by molar-refractivity contribution is 0.0739. The van der Waals surface area contributed by atoms with Crippen LogP contribution < -0.4 is 10.9 Å². The number of nitrogens with zero attached hydrogens (tertiary/aromatic N) is 4. The van der Waals surface area contributed by atoms with Gasteiger partial charge in [-0.05, 0) is 38.5 Å². The predicted octanol–water partition coefficient (Wildman–Crippen LogP) is 1.82. The molecule has 28 heavy (non-hydrogen) atoms. The summed E-state index contributed by atoms with van der Waals surface area (Å²) in [6.07, 6.45) is 4.04. The van der Waals surface area contributed by atoms with Gasteiger partial charge < -0.3 is 19.7 Å². The van der Waals surface area contributed by atoms with E-state index in [1.165, 1.54) is 10.9 Å². The Kier molecular flexibility index (Phi) is 4.60. The molecule has 1 atom stereocenters. The van der Waals surface area contributed by atoms with Crippen LogP contribution in [0, 0.1) is 0 Å². The number of rotatable bonds is 4. The summed E-state index contributed by atoms with van der Waals surface area (Å²) in [7, 11) is 1.67. The van der Waals surface area contributed by atoms with E-state index in [0.29, 0.717) is 41.3 Å². The maximum atomic E-state index is 12.7. The van der Waals surface area contributed by atoms with Crippen molar-refractivity contribution in [1.29, 1.82) is 0 Å². The molecule has 0 amide bonds. The van der Waals surface area contributed by atoms with Gasteiger partial charge in [0.1, 0.15) is 16.8 Å². The summed E-state index contributed by atoms with van der Waals surface area (Å²) in [5.41, 5.74) is 1.42. The Morgan fingerprint density at radius 1 is 1.32 bits per heavy atom. The topological polar surface area (TPSA) is 102 Å². The van der Waals surface area contributed by atoms with Crippen LogP contribution in [-0.2, 0) is 17.4 Å². The molecule has 1 aliphatic heterocycles. The second kappa shape index (κ2) is 6.96. The van der Waals surface area contributed by atoms with E-state index >= 15 is 0 Å². The van der Waals surface area contributed by atoms with Crippen LogP contribution in [-0.4, -0.2) is 43.9 Å². The molecule has 4 heterocycles. The number of nitrogens with one attached hydrogen (secondary N) is 1. The summed E-state index contributed by atoms with van der Waals surface area (Å²) in [5.74, 6) is 0.503. The standard InChI is InChI=1S/C20H23N5O3/c1-20(2,27)16-5-4-12(9-21-16)14-8-15-17(19(26)25(3)11-22-15)18(24-14)23-13-6-7-28-10-13/h4-5,8-9,11,13,27H,6-7,10H2,1-3H3,(H,23,24)/t13-/m1/s1. The Hall–Kier alpha value is -2.84. The molecule has 3 aromatic rings. The highest BCUT2D eigenvalue weighted by Crippen LogP contribution is 2.27. The fraction of sp³-hybridized carbons (Fsp3) is 0.400. The molecule has 0 bridgehead atoms. The maximum Gasteiger partial charge on any atom is 0.264 e. The summed E-state index contributed by atoms with van der Waals surface area (Å²) in [5, 5.41) is 13.9. The van der Waals surface area contributed by atoms with Gasteiger partial charge in [0, 0.05) is 25.4 Å². The summed E-state index contributed by atoms with van der Waals surface area (Å²) >= 11 is 0. The molecule has 146 valence electrons. The number of hydrogen-bond donors (Lipinski definition) is 2. The monoisotopic (exact) mass is 381 g/mol. The van der Waals surface area contributed by atoms with Gasteiger partial charge >= 0.3 is 0 Å². The van der Waals surface area contributed by atoms with E-state index in [2.05, 4.69) is 15.3 Å². The molecule has 8 heteroatoms. The minimum atomic E-state index is -1.02. The molecule has 8 nitrogen and oxygen atoms in total. The fourth-order valence-electron chi connectivity index (χ4n) is 3.22. The van der Waals surface area contributed by atoms with Crippen LogP contribution in [0.4, 0.5) is 5.82 Å². The largest absolute Gasteiger partial charge is 0.384 e. The first-order valence-corrected chi connectivity index (χ1v) is 9.23. The van der Waals surface area contributed by atoms with E-state index in [-0.39, 0.29) is 11.6 Å². The molecule has 3 aromatic heterocycles. The van der Waals surface area contributed by atoms with E-state index in [0.717, 1.165) is 12.0 Å². The van der Waals surface area contributed by atoms with E-state index in [1.807, 2.05) is 6.07 Å². The Morgan fingerprint density at radius 2 is 2.14 bits per heavy atom. The molecule has 0 aromatic carbocycles. The lowest BCUT2D eigenvalue weighted by Gasteiger charge is -2.17. The van der Waals surface area contributed by atoms with Crippen LogP contribution in [0.3, 0.4) is 0 Å². The van der Waals surface area contributed by atoms with Gasteiger partial charge in [-0.2, -0.15) is 0 Å². The van der Waals surface area contributed by atoms with Gasteiger partial charge in [-0.1, -0.05) is 0 Å². The summed E-state index contributed by atoms with van der Waals surface area (Å²) in [4.78, 5) is 26.2. The zero-order chi connectivity index (χ0) is 19.9. The first-order valence-electron chi connectivity index (χ1n) is 9.23. The SMILES string of the molecule is Cn1cnc2cc(-c3ccc(C(C)(C)O)nc3)nc(N[C@@H]3CCOC3)c2c1=O. The van der Waals surface area contributed by atoms with Crippen molar-refractivity contribution < 1.29 is 9.84 Å². The minimum Gasteiger partial charge on any atom is -0.384 e. The lowest BCUT2D eigenvalue weighted by Crippen LogP contribution is -2.24. The minimum absolute atomic E-state index is 0.103. The first kappa shape index (κ1) is 18.5. The first-order chi connectivity index (χ1) is 13.3. The van der Waals surface area contributed by atoms with E-state index in [1.54, 1.807) is 39.2 Å². The second-order valence-electron chi connectivity index (χ2n) is 7.61. The molecule has 0 aliphatic carbocycles. The number of pyridine rings is 2. The third-order valence-corrected chi connectivity index (χ3v) is 4.86. The third-order valence-electron chi connectivity index (χ3n) is 4.86.